The molecule has 74 heavy (non-hydrogen) atoms. The highest BCUT2D eigenvalue weighted by Gasteiger charge is 2.44. The van der Waals surface area contributed by atoms with E-state index in [-0.39, 0.29) is 5.92 Å². The molecule has 0 radical (unpaired) electrons. The maximum absolute atomic E-state index is 10.7. The summed E-state index contributed by atoms with van der Waals surface area (Å²) in [5, 5.41) is 1.23. The smallest absolute Gasteiger partial charge is 0.494 e. The summed E-state index contributed by atoms with van der Waals surface area (Å²) >= 11 is 3.75. The van der Waals surface area contributed by atoms with Crippen molar-refractivity contribution in [3.8, 4) is 44.3 Å². The molecule has 2 N–H and O–H groups in total. The van der Waals surface area contributed by atoms with Crippen molar-refractivity contribution in [2.45, 2.75) is 150 Å². The van der Waals surface area contributed by atoms with E-state index in [0.29, 0.717) is 0 Å². The summed E-state index contributed by atoms with van der Waals surface area (Å²) in [5.74, 6) is 2.14. The second-order valence-electron chi connectivity index (χ2n) is 19.1. The van der Waals surface area contributed by atoms with Gasteiger partial charge < -0.3 is 14.5 Å². The predicted molar refractivity (Wildman–Crippen MR) is 304 cm³/mol. The molecule has 6 nitrogen and oxygen atoms in total. The summed E-state index contributed by atoms with van der Waals surface area (Å²) in [6.45, 7) is 8.35. The molecule has 0 saturated carbocycles. The molecular formula is C62H72F3NO5S3. The molecule has 1 aliphatic carbocycles. The first-order chi connectivity index (χ1) is 35.9. The van der Waals surface area contributed by atoms with E-state index < -0.39 is 15.6 Å². The minimum absolute atomic E-state index is 0.260. The molecular weight excluding hydrogens is 992 g/mol. The Morgan fingerprint density at radius 1 is 0.622 bits per heavy atom. The summed E-state index contributed by atoms with van der Waals surface area (Å²) in [6.07, 6.45) is 26.5. The molecule has 2 heterocycles. The SMILES string of the molecule is CCCCCCCCCCOc1ccc(-c2cccc3[nH]c(-c4ccc(Sc5ccccc5C5C=Cc6c(CC)cccc65)s4)c(-c4ccc(OCCCCCCCCCC)cc4)c23)cc1.O=S(=O)(O)C(F)(F)F. The Balaban J connectivity index is 0.000000923. The van der Waals surface area contributed by atoms with E-state index in [2.05, 4.69) is 159 Å². The van der Waals surface area contributed by atoms with E-state index in [0.717, 1.165) is 55.2 Å². The molecule has 5 aromatic carbocycles. The molecule has 0 fully saturated rings. The lowest BCUT2D eigenvalue weighted by Gasteiger charge is -2.16. The van der Waals surface area contributed by atoms with Gasteiger partial charge in [-0.15, -0.1) is 11.3 Å². The third-order valence-corrected chi connectivity index (χ3v) is 16.6. The lowest BCUT2D eigenvalue weighted by molar-refractivity contribution is -0.0510. The van der Waals surface area contributed by atoms with Gasteiger partial charge in [-0.1, -0.05) is 207 Å². The Hall–Kier alpha value is -5.27. The van der Waals surface area contributed by atoms with Gasteiger partial charge in [-0.05, 0) is 107 Å². The maximum Gasteiger partial charge on any atom is 0.522 e. The number of benzene rings is 5. The van der Waals surface area contributed by atoms with Crippen LogP contribution < -0.4 is 9.47 Å². The van der Waals surface area contributed by atoms with Crippen molar-refractivity contribution in [3.05, 3.63) is 150 Å². The highest BCUT2D eigenvalue weighted by atomic mass is 32.2. The number of aromatic amines is 1. The van der Waals surface area contributed by atoms with Gasteiger partial charge in [0.1, 0.15) is 11.5 Å². The average Bonchev–Trinajstić information content (AvgIpc) is 4.16. The number of nitrogens with one attached hydrogen (secondary N) is 1. The highest BCUT2D eigenvalue weighted by Crippen LogP contribution is 2.48. The van der Waals surface area contributed by atoms with Gasteiger partial charge >= 0.3 is 15.6 Å². The number of hydrogen-bond donors (Lipinski definition) is 2. The zero-order valence-electron chi connectivity index (χ0n) is 43.2. The Bertz CT molecular complexity index is 2980. The molecule has 2 aromatic heterocycles. The lowest BCUT2D eigenvalue weighted by Crippen LogP contribution is -2.21. The Kier molecular flexibility index (Phi) is 21.4. The number of fused-ring (bicyclic) bond motifs is 2. The van der Waals surface area contributed by atoms with Gasteiger partial charge in [-0.2, -0.15) is 21.6 Å². The summed E-state index contributed by atoms with van der Waals surface area (Å²) < 4.78 is 71.4. The molecule has 0 bridgehead atoms. The van der Waals surface area contributed by atoms with Crippen LogP contribution in [0.15, 0.2) is 137 Å². The molecule has 1 atom stereocenters. The summed E-state index contributed by atoms with van der Waals surface area (Å²) in [7, 11) is -5.84. The Labute approximate surface area is 446 Å². The van der Waals surface area contributed by atoms with Gasteiger partial charge in [0, 0.05) is 27.3 Å². The predicted octanol–water partition coefficient (Wildman–Crippen LogP) is 19.5. The number of hydrogen-bond acceptors (Lipinski definition) is 6. The van der Waals surface area contributed by atoms with Crippen molar-refractivity contribution in [2.24, 2.45) is 0 Å². The number of alkyl halides is 3. The second kappa shape index (κ2) is 28.0. The minimum atomic E-state index is -5.84. The molecule has 12 heteroatoms. The molecule has 8 rings (SSSR count). The van der Waals surface area contributed by atoms with Gasteiger partial charge in [0.15, 0.2) is 0 Å². The fraction of sp³-hybridized carbons (Fsp3) is 0.387. The number of ether oxygens (including phenoxy) is 2. The van der Waals surface area contributed by atoms with E-state index >= 15 is 0 Å². The van der Waals surface area contributed by atoms with Crippen molar-refractivity contribution in [1.82, 2.24) is 4.98 Å². The number of H-pyrrole nitrogens is 1. The number of allylic oxidation sites excluding steroid dienone is 1. The van der Waals surface area contributed by atoms with Crippen LogP contribution in [-0.4, -0.2) is 36.7 Å². The van der Waals surface area contributed by atoms with Crippen molar-refractivity contribution >= 4 is 50.2 Å². The molecule has 0 saturated heterocycles. The van der Waals surface area contributed by atoms with E-state index in [4.69, 9.17) is 22.4 Å². The summed E-state index contributed by atoms with van der Waals surface area (Å²) in [6, 6.07) is 44.7. The van der Waals surface area contributed by atoms with Crippen LogP contribution in [-0.2, 0) is 16.5 Å². The molecule has 0 aliphatic heterocycles. The zero-order valence-corrected chi connectivity index (χ0v) is 45.6. The third-order valence-electron chi connectivity index (χ3n) is 13.7. The van der Waals surface area contributed by atoms with Crippen molar-refractivity contribution in [1.29, 1.82) is 0 Å². The van der Waals surface area contributed by atoms with Crippen LogP contribution in [0.4, 0.5) is 13.2 Å². The van der Waals surface area contributed by atoms with Gasteiger partial charge in [-0.3, -0.25) is 4.55 Å². The fourth-order valence-corrected chi connectivity index (χ4v) is 12.0. The van der Waals surface area contributed by atoms with Crippen LogP contribution in [0.3, 0.4) is 0 Å². The Morgan fingerprint density at radius 3 is 1.74 bits per heavy atom. The minimum Gasteiger partial charge on any atom is -0.494 e. The quantitative estimate of drug-likeness (QED) is 0.0303. The molecule has 0 spiro atoms. The van der Waals surface area contributed by atoms with E-state index in [1.807, 2.05) is 23.1 Å². The zero-order chi connectivity index (χ0) is 52.3. The highest BCUT2D eigenvalue weighted by molar-refractivity contribution is 8.01. The molecule has 7 aromatic rings. The van der Waals surface area contributed by atoms with Crippen LogP contribution in [0.1, 0.15) is 152 Å². The van der Waals surface area contributed by atoms with E-state index in [1.54, 1.807) is 0 Å². The van der Waals surface area contributed by atoms with Crippen LogP contribution in [0.25, 0.3) is 49.8 Å². The maximum atomic E-state index is 10.7. The largest absolute Gasteiger partial charge is 0.522 e. The van der Waals surface area contributed by atoms with E-state index in [1.165, 1.54) is 154 Å². The molecule has 1 aliphatic rings. The van der Waals surface area contributed by atoms with Crippen LogP contribution in [0.5, 0.6) is 11.5 Å². The molecule has 394 valence electrons. The number of halogens is 3. The first kappa shape index (κ1) is 56.5. The van der Waals surface area contributed by atoms with Crippen molar-refractivity contribution < 1.29 is 35.6 Å². The number of rotatable bonds is 27. The first-order valence-corrected chi connectivity index (χ1v) is 29.8. The van der Waals surface area contributed by atoms with Gasteiger partial charge in [0.25, 0.3) is 0 Å². The topological polar surface area (TPSA) is 88.6 Å². The third kappa shape index (κ3) is 15.4. The van der Waals surface area contributed by atoms with Crippen molar-refractivity contribution in [3.63, 3.8) is 0 Å². The number of aromatic nitrogens is 1. The van der Waals surface area contributed by atoms with Crippen LogP contribution in [0, 0.1) is 0 Å². The van der Waals surface area contributed by atoms with Crippen LogP contribution >= 0.6 is 23.1 Å². The lowest BCUT2D eigenvalue weighted by atomic mass is 9.91. The molecule has 0 amide bonds. The Morgan fingerprint density at radius 2 is 1.16 bits per heavy atom. The second-order valence-corrected chi connectivity index (χ2v) is 22.9. The van der Waals surface area contributed by atoms with Gasteiger partial charge in [-0.25, -0.2) is 0 Å². The number of thiophene rings is 1. The monoisotopic (exact) mass is 1060 g/mol. The summed E-state index contributed by atoms with van der Waals surface area (Å²) in [5.41, 5.74) is 7.16. The van der Waals surface area contributed by atoms with Gasteiger partial charge in [0.2, 0.25) is 0 Å². The first-order valence-electron chi connectivity index (χ1n) is 26.7. The normalized spacial score (nSPS) is 13.3. The standard InChI is InChI=1S/C61H71NO2S2.CHF3O3S/c1-4-7-9-11-13-15-17-21-43-63-48-35-31-46(32-36-48)51-27-24-29-55-60(51)59(47-33-37-49(38-34-47)64-44-22-18-16-14-12-10-8-5-2)61(62-55)57-41-42-58(66-57)65-56-30-20-19-26-54(56)53-40-39-50-45(6-3)25-23-28-52(50)53;2-1(3,4)8(5,6)7/h19-20,23-42,53,62H,4-18,21-22,43-44H2,1-3H3;(H,5,6,7). The summed E-state index contributed by atoms with van der Waals surface area (Å²) in [4.78, 5) is 6.47. The number of unbranched alkanes of at least 4 members (excludes halogenated alkanes) is 14. The fourth-order valence-electron chi connectivity index (χ4n) is 9.69. The average molecular weight is 1060 g/mol. The number of aryl methyl sites for hydroxylation is 1. The van der Waals surface area contributed by atoms with Crippen molar-refractivity contribution in [2.75, 3.05) is 13.2 Å². The van der Waals surface area contributed by atoms with Gasteiger partial charge in [0.05, 0.1) is 28.0 Å². The van der Waals surface area contributed by atoms with E-state index in [9.17, 15) is 13.2 Å². The van der Waals surface area contributed by atoms with Crippen LogP contribution in [0.2, 0.25) is 0 Å². The molecule has 1 unspecified atom stereocenters.